The molecule has 122 valence electrons. The molecule has 1 heterocycles. The van der Waals surface area contributed by atoms with Gasteiger partial charge in [0.15, 0.2) is 6.20 Å². The number of nitrogens with zero attached hydrogens (tertiary/aromatic N) is 1. The minimum Gasteiger partial charge on any atom is -0.201 e. The van der Waals surface area contributed by atoms with Crippen LogP contribution in [0.25, 0.3) is 22.4 Å². The van der Waals surface area contributed by atoms with Gasteiger partial charge in [-0.2, -0.15) is 0 Å². The first-order chi connectivity index (χ1) is 11.4. The Morgan fingerprint density at radius 1 is 0.792 bits per heavy atom. The monoisotopic (exact) mass is 316 g/mol. The minimum atomic E-state index is 0.151. The van der Waals surface area contributed by atoms with E-state index in [4.69, 9.17) is 0 Å². The molecule has 0 saturated heterocycles. The third-order valence-electron chi connectivity index (χ3n) is 4.64. The van der Waals surface area contributed by atoms with Crippen LogP contribution in [-0.4, -0.2) is 0 Å². The first kappa shape index (κ1) is 16.4. The maximum atomic E-state index is 2.35. The van der Waals surface area contributed by atoms with E-state index in [2.05, 4.69) is 106 Å². The Bertz CT molecular complexity index is 855. The lowest BCUT2D eigenvalue weighted by molar-refractivity contribution is -0.660. The molecule has 3 aromatic rings. The van der Waals surface area contributed by atoms with E-state index in [-0.39, 0.29) is 5.41 Å². The molecule has 0 radical (unpaired) electrons. The highest BCUT2D eigenvalue weighted by atomic mass is 14.9. The van der Waals surface area contributed by atoms with E-state index < -0.39 is 0 Å². The molecule has 1 heteroatoms. The molecule has 0 fully saturated rings. The number of aromatic nitrogens is 1. The predicted molar refractivity (Wildman–Crippen MR) is 102 cm³/mol. The van der Waals surface area contributed by atoms with Gasteiger partial charge in [-0.1, -0.05) is 63.2 Å². The van der Waals surface area contributed by atoms with Gasteiger partial charge in [0, 0.05) is 17.7 Å². The Hall–Kier alpha value is -2.41. The topological polar surface area (TPSA) is 3.88 Å². The lowest BCUT2D eigenvalue weighted by Crippen LogP contribution is -2.30. The summed E-state index contributed by atoms with van der Waals surface area (Å²) < 4.78 is 2.21. The highest BCUT2D eigenvalue weighted by molar-refractivity contribution is 5.70. The van der Waals surface area contributed by atoms with Gasteiger partial charge in [0.1, 0.15) is 7.05 Å². The van der Waals surface area contributed by atoms with Crippen LogP contribution in [-0.2, 0) is 12.5 Å². The SMILES string of the molecule is Cc1ccc(C(C)(C)C)cc1-c1cc(-c2ccccc2)cc[n+]1C. The van der Waals surface area contributed by atoms with Crippen molar-refractivity contribution in [2.45, 2.75) is 33.1 Å². The number of aryl methyl sites for hydroxylation is 2. The molecule has 0 aliphatic carbocycles. The molecule has 0 unspecified atom stereocenters. The van der Waals surface area contributed by atoms with Crippen molar-refractivity contribution >= 4 is 0 Å². The van der Waals surface area contributed by atoms with Gasteiger partial charge in [0.05, 0.1) is 0 Å². The predicted octanol–water partition coefficient (Wildman–Crippen LogP) is 5.45. The largest absolute Gasteiger partial charge is 0.213 e. The Kier molecular flexibility index (Phi) is 4.28. The maximum Gasteiger partial charge on any atom is 0.213 e. The van der Waals surface area contributed by atoms with Gasteiger partial charge in [-0.15, -0.1) is 0 Å². The molecule has 0 spiro atoms. The summed E-state index contributed by atoms with van der Waals surface area (Å²) in [5.74, 6) is 0. The number of pyridine rings is 1. The maximum absolute atomic E-state index is 2.35. The van der Waals surface area contributed by atoms with Crippen molar-refractivity contribution in [3.63, 3.8) is 0 Å². The second-order valence-electron chi connectivity index (χ2n) is 7.56. The van der Waals surface area contributed by atoms with Crippen molar-refractivity contribution in [2.24, 2.45) is 7.05 Å². The van der Waals surface area contributed by atoms with E-state index in [1.807, 2.05) is 0 Å². The second kappa shape index (κ2) is 6.24. The summed E-state index contributed by atoms with van der Waals surface area (Å²) in [6, 6.07) is 21.9. The zero-order chi connectivity index (χ0) is 17.3. The molecule has 24 heavy (non-hydrogen) atoms. The van der Waals surface area contributed by atoms with E-state index in [0.717, 1.165) is 0 Å². The molecule has 0 bridgehead atoms. The van der Waals surface area contributed by atoms with Crippen LogP contribution in [0.5, 0.6) is 0 Å². The third-order valence-corrected chi connectivity index (χ3v) is 4.64. The van der Waals surface area contributed by atoms with Crippen LogP contribution in [0, 0.1) is 6.92 Å². The van der Waals surface area contributed by atoms with Crippen LogP contribution < -0.4 is 4.57 Å². The zero-order valence-electron chi connectivity index (χ0n) is 15.3. The zero-order valence-corrected chi connectivity index (χ0v) is 15.3. The number of benzene rings is 2. The first-order valence-electron chi connectivity index (χ1n) is 8.53. The average molecular weight is 316 g/mol. The molecule has 0 aliphatic heterocycles. The average Bonchev–Trinajstić information content (AvgIpc) is 2.56. The Labute approximate surface area is 145 Å². The summed E-state index contributed by atoms with van der Waals surface area (Å²) in [6.45, 7) is 8.99. The van der Waals surface area contributed by atoms with Gasteiger partial charge in [-0.3, -0.25) is 0 Å². The van der Waals surface area contributed by atoms with Gasteiger partial charge in [0.2, 0.25) is 5.69 Å². The Morgan fingerprint density at radius 2 is 1.50 bits per heavy atom. The first-order valence-corrected chi connectivity index (χ1v) is 8.53. The quantitative estimate of drug-likeness (QED) is 0.553. The number of hydrogen-bond acceptors (Lipinski definition) is 0. The molecule has 0 N–H and O–H groups in total. The van der Waals surface area contributed by atoms with Crippen LogP contribution in [0.15, 0.2) is 66.9 Å². The van der Waals surface area contributed by atoms with Gasteiger partial charge in [-0.25, -0.2) is 4.57 Å². The fourth-order valence-electron chi connectivity index (χ4n) is 3.01. The van der Waals surface area contributed by atoms with Crippen molar-refractivity contribution in [3.8, 4) is 22.4 Å². The fraction of sp³-hybridized carbons (Fsp3) is 0.261. The van der Waals surface area contributed by atoms with Crippen molar-refractivity contribution in [2.75, 3.05) is 0 Å². The summed E-state index contributed by atoms with van der Waals surface area (Å²) in [6.07, 6.45) is 2.15. The molecule has 1 aromatic heterocycles. The number of hydrogen-bond donors (Lipinski definition) is 0. The molecule has 0 atom stereocenters. The van der Waals surface area contributed by atoms with Crippen molar-refractivity contribution in [3.05, 3.63) is 78.0 Å². The van der Waals surface area contributed by atoms with E-state index in [1.165, 1.54) is 33.5 Å². The molecule has 3 rings (SSSR count). The number of rotatable bonds is 2. The molecule has 0 aliphatic rings. The highest BCUT2D eigenvalue weighted by Gasteiger charge is 2.19. The fourth-order valence-corrected chi connectivity index (χ4v) is 3.01. The normalized spacial score (nSPS) is 11.5. The van der Waals surface area contributed by atoms with Gasteiger partial charge >= 0.3 is 0 Å². The van der Waals surface area contributed by atoms with Crippen LogP contribution in [0.4, 0.5) is 0 Å². The molecule has 0 amide bonds. The van der Waals surface area contributed by atoms with Crippen LogP contribution in [0.2, 0.25) is 0 Å². The third kappa shape index (κ3) is 3.26. The van der Waals surface area contributed by atoms with Crippen LogP contribution in [0.3, 0.4) is 0 Å². The summed E-state index contributed by atoms with van der Waals surface area (Å²) >= 11 is 0. The minimum absolute atomic E-state index is 0.151. The van der Waals surface area contributed by atoms with Crippen LogP contribution in [0.1, 0.15) is 31.9 Å². The smallest absolute Gasteiger partial charge is 0.201 e. The summed E-state index contributed by atoms with van der Waals surface area (Å²) in [5, 5.41) is 0. The van der Waals surface area contributed by atoms with E-state index in [1.54, 1.807) is 0 Å². The van der Waals surface area contributed by atoms with Gasteiger partial charge in [0.25, 0.3) is 0 Å². The Morgan fingerprint density at radius 3 is 2.17 bits per heavy atom. The molecular weight excluding hydrogens is 290 g/mol. The van der Waals surface area contributed by atoms with Crippen molar-refractivity contribution in [1.29, 1.82) is 0 Å². The summed E-state index contributed by atoms with van der Waals surface area (Å²) in [7, 11) is 2.12. The van der Waals surface area contributed by atoms with E-state index in [0.29, 0.717) is 0 Å². The molecule has 2 aromatic carbocycles. The van der Waals surface area contributed by atoms with Crippen molar-refractivity contribution < 1.29 is 4.57 Å². The molecular formula is C23H26N+. The summed E-state index contributed by atoms with van der Waals surface area (Å²) in [5.41, 5.74) is 7.89. The standard InChI is InChI=1S/C23H26N/c1-17-11-12-20(23(2,3)4)16-21(17)22-15-19(13-14-24(22)5)18-9-7-6-8-10-18/h6-16H,1-5H3/q+1. The van der Waals surface area contributed by atoms with Crippen molar-refractivity contribution in [1.82, 2.24) is 0 Å². The van der Waals surface area contributed by atoms with E-state index in [9.17, 15) is 0 Å². The molecule has 1 nitrogen and oxygen atoms in total. The van der Waals surface area contributed by atoms with Gasteiger partial charge in [-0.05, 0) is 40.7 Å². The van der Waals surface area contributed by atoms with Gasteiger partial charge < -0.3 is 0 Å². The van der Waals surface area contributed by atoms with Crippen LogP contribution >= 0.6 is 0 Å². The second-order valence-corrected chi connectivity index (χ2v) is 7.56. The summed E-state index contributed by atoms with van der Waals surface area (Å²) in [4.78, 5) is 0. The van der Waals surface area contributed by atoms with E-state index >= 15 is 0 Å². The lowest BCUT2D eigenvalue weighted by Gasteiger charge is -2.20. The molecule has 0 saturated carbocycles. The lowest BCUT2D eigenvalue weighted by atomic mass is 9.84. The highest BCUT2D eigenvalue weighted by Crippen LogP contribution is 2.30. The Balaban J connectivity index is 2.16.